The largest absolute Gasteiger partial charge is 0.377 e. The van der Waals surface area contributed by atoms with E-state index in [1.165, 1.54) is 0 Å². The Kier molecular flexibility index (Phi) is 6.26. The molecule has 1 fully saturated rings. The maximum atomic E-state index is 12.6. The summed E-state index contributed by atoms with van der Waals surface area (Å²) < 4.78 is 5.59. The average Bonchev–Trinajstić information content (AvgIpc) is 2.66. The Morgan fingerprint density at radius 3 is 2.83 bits per heavy atom. The van der Waals surface area contributed by atoms with Crippen LogP contribution < -0.4 is 0 Å². The third-order valence-corrected chi connectivity index (χ3v) is 5.06. The molecule has 1 atom stereocenters. The fourth-order valence-electron chi connectivity index (χ4n) is 2.82. The zero-order valence-corrected chi connectivity index (χ0v) is 14.5. The summed E-state index contributed by atoms with van der Waals surface area (Å²) in [4.78, 5) is 18.9. The Bertz CT molecular complexity index is 636. The number of amides is 1. The lowest BCUT2D eigenvalue weighted by Gasteiger charge is -2.36. The van der Waals surface area contributed by atoms with Crippen molar-refractivity contribution >= 4 is 17.7 Å². The van der Waals surface area contributed by atoms with Crippen molar-refractivity contribution in [2.24, 2.45) is 0 Å². The summed E-state index contributed by atoms with van der Waals surface area (Å²) in [6.07, 6.45) is 2.36. The van der Waals surface area contributed by atoms with Crippen LogP contribution in [0.3, 0.4) is 0 Å². The molecule has 0 aliphatic carbocycles. The van der Waals surface area contributed by atoms with Crippen LogP contribution in [0.5, 0.6) is 0 Å². The molecule has 1 aliphatic heterocycles. The van der Waals surface area contributed by atoms with Gasteiger partial charge in [0, 0.05) is 30.7 Å². The molecule has 0 unspecified atom stereocenters. The van der Waals surface area contributed by atoms with Gasteiger partial charge in [0.2, 0.25) is 5.91 Å². The van der Waals surface area contributed by atoms with Gasteiger partial charge in [-0.15, -0.1) is 0 Å². The lowest BCUT2D eigenvalue weighted by Crippen LogP contribution is -2.43. The molecule has 0 bridgehead atoms. The first-order chi connectivity index (χ1) is 11.8. The molecule has 4 nitrogen and oxygen atoms in total. The molecule has 2 aromatic rings. The van der Waals surface area contributed by atoms with Crippen LogP contribution in [-0.4, -0.2) is 41.3 Å². The zero-order valence-electron chi connectivity index (χ0n) is 13.6. The molecule has 0 N–H and O–H groups in total. The van der Waals surface area contributed by atoms with Crippen molar-refractivity contribution in [2.75, 3.05) is 25.5 Å². The highest BCUT2D eigenvalue weighted by Crippen LogP contribution is 2.25. The maximum absolute atomic E-state index is 12.6. The number of pyridine rings is 1. The number of hydrogen-bond acceptors (Lipinski definition) is 4. The summed E-state index contributed by atoms with van der Waals surface area (Å²) in [5, 5.41) is 0. The topological polar surface area (TPSA) is 42.4 Å². The van der Waals surface area contributed by atoms with Crippen molar-refractivity contribution in [3.05, 3.63) is 66.0 Å². The van der Waals surface area contributed by atoms with E-state index in [1.807, 2.05) is 41.3 Å². The molecular weight excluding hydrogens is 320 g/mol. The molecule has 0 spiro atoms. The zero-order chi connectivity index (χ0) is 16.6. The van der Waals surface area contributed by atoms with Crippen molar-refractivity contribution in [3.8, 4) is 0 Å². The molecule has 2 heterocycles. The molecule has 24 heavy (non-hydrogen) atoms. The Balaban J connectivity index is 1.51. The van der Waals surface area contributed by atoms with E-state index in [1.54, 1.807) is 18.0 Å². The second kappa shape index (κ2) is 8.85. The average molecular weight is 342 g/mol. The summed E-state index contributed by atoms with van der Waals surface area (Å²) in [5.74, 6) is 1.87. The number of thioether (sulfide) groups is 1. The minimum absolute atomic E-state index is 0.0354. The third kappa shape index (κ3) is 4.58. The Labute approximate surface area is 147 Å². The van der Waals surface area contributed by atoms with E-state index in [9.17, 15) is 4.79 Å². The highest BCUT2D eigenvalue weighted by atomic mass is 32.2. The second-order valence-corrected chi connectivity index (χ2v) is 6.82. The molecule has 0 saturated carbocycles. The first-order valence-electron chi connectivity index (χ1n) is 8.24. The van der Waals surface area contributed by atoms with Gasteiger partial charge in [-0.2, -0.15) is 11.8 Å². The van der Waals surface area contributed by atoms with Crippen LogP contribution in [0.15, 0.2) is 54.7 Å². The highest BCUT2D eigenvalue weighted by Gasteiger charge is 2.27. The second-order valence-electron chi connectivity index (χ2n) is 5.71. The van der Waals surface area contributed by atoms with Crippen LogP contribution in [0.25, 0.3) is 0 Å². The fraction of sp³-hybridized carbons (Fsp3) is 0.368. The van der Waals surface area contributed by atoms with Crippen LogP contribution in [0, 0.1) is 0 Å². The first-order valence-corrected chi connectivity index (χ1v) is 9.40. The van der Waals surface area contributed by atoms with Gasteiger partial charge >= 0.3 is 0 Å². The van der Waals surface area contributed by atoms with Gasteiger partial charge in [0.15, 0.2) is 0 Å². The highest BCUT2D eigenvalue weighted by molar-refractivity contribution is 7.98. The number of morpholine rings is 1. The molecule has 1 aliphatic rings. The summed E-state index contributed by atoms with van der Waals surface area (Å²) in [6.45, 7) is 1.87. The van der Waals surface area contributed by atoms with Crippen LogP contribution >= 0.6 is 11.8 Å². The molecule has 126 valence electrons. The van der Waals surface area contributed by atoms with Gasteiger partial charge in [0.1, 0.15) is 0 Å². The van der Waals surface area contributed by atoms with E-state index in [-0.39, 0.29) is 11.9 Å². The van der Waals surface area contributed by atoms with Crippen molar-refractivity contribution in [2.45, 2.75) is 18.2 Å². The molecule has 1 aromatic heterocycles. The summed E-state index contributed by atoms with van der Waals surface area (Å²) >= 11 is 1.75. The molecule has 1 saturated heterocycles. The number of benzene rings is 1. The van der Waals surface area contributed by atoms with Crippen LogP contribution in [-0.2, 0) is 15.3 Å². The minimum atomic E-state index is 0.0354. The van der Waals surface area contributed by atoms with Gasteiger partial charge in [-0.3, -0.25) is 9.78 Å². The lowest BCUT2D eigenvalue weighted by molar-refractivity contribution is -0.139. The van der Waals surface area contributed by atoms with E-state index in [2.05, 4.69) is 17.1 Å². The summed E-state index contributed by atoms with van der Waals surface area (Å²) in [5.41, 5.74) is 2.20. The van der Waals surface area contributed by atoms with Crippen LogP contribution in [0.4, 0.5) is 0 Å². The SMILES string of the molecule is O=C(CCSCc1ccccn1)N1CCOC[C@H]1c1ccccc1. The van der Waals surface area contributed by atoms with E-state index < -0.39 is 0 Å². The Morgan fingerprint density at radius 1 is 1.21 bits per heavy atom. The number of ether oxygens (including phenoxy) is 1. The molecule has 0 radical (unpaired) electrons. The quantitative estimate of drug-likeness (QED) is 0.756. The van der Waals surface area contributed by atoms with E-state index in [0.29, 0.717) is 26.2 Å². The molecule has 3 rings (SSSR count). The normalized spacial score (nSPS) is 17.7. The number of rotatable bonds is 6. The maximum Gasteiger partial charge on any atom is 0.224 e. The number of nitrogens with zero attached hydrogens (tertiary/aromatic N) is 2. The first kappa shape index (κ1) is 17.0. The van der Waals surface area contributed by atoms with Crippen LogP contribution in [0.2, 0.25) is 0 Å². The van der Waals surface area contributed by atoms with Gasteiger partial charge < -0.3 is 9.64 Å². The predicted molar refractivity (Wildman–Crippen MR) is 96.7 cm³/mol. The summed E-state index contributed by atoms with van der Waals surface area (Å²) in [6, 6.07) is 16.1. The smallest absolute Gasteiger partial charge is 0.224 e. The lowest BCUT2D eigenvalue weighted by atomic mass is 10.0. The van der Waals surface area contributed by atoms with Gasteiger partial charge in [-0.1, -0.05) is 36.4 Å². The number of aromatic nitrogens is 1. The predicted octanol–water partition coefficient (Wildman–Crippen LogP) is 3.31. The Hall–Kier alpha value is -1.85. The Morgan fingerprint density at radius 2 is 2.04 bits per heavy atom. The minimum Gasteiger partial charge on any atom is -0.377 e. The van der Waals surface area contributed by atoms with E-state index in [4.69, 9.17) is 4.74 Å². The fourth-order valence-corrected chi connectivity index (χ4v) is 3.66. The van der Waals surface area contributed by atoms with E-state index >= 15 is 0 Å². The van der Waals surface area contributed by atoms with Gasteiger partial charge in [-0.05, 0) is 17.7 Å². The van der Waals surface area contributed by atoms with Gasteiger partial charge in [0.25, 0.3) is 0 Å². The van der Waals surface area contributed by atoms with Gasteiger partial charge in [-0.25, -0.2) is 0 Å². The molecule has 1 amide bonds. The van der Waals surface area contributed by atoms with Crippen molar-refractivity contribution in [3.63, 3.8) is 0 Å². The standard InChI is InChI=1S/C19H22N2O2S/c22-19(9-13-24-15-17-8-4-5-10-20-17)21-11-12-23-14-18(21)16-6-2-1-3-7-16/h1-8,10,18H,9,11-15H2/t18-/m0/s1. The summed E-state index contributed by atoms with van der Waals surface area (Å²) in [7, 11) is 0. The monoisotopic (exact) mass is 342 g/mol. The number of carbonyl (C=O) groups is 1. The van der Waals surface area contributed by atoms with Crippen molar-refractivity contribution in [1.82, 2.24) is 9.88 Å². The third-order valence-electron chi connectivity index (χ3n) is 4.07. The number of hydrogen-bond donors (Lipinski definition) is 0. The molecule has 5 heteroatoms. The van der Waals surface area contributed by atoms with Crippen molar-refractivity contribution < 1.29 is 9.53 Å². The number of carbonyl (C=O) groups excluding carboxylic acids is 1. The van der Waals surface area contributed by atoms with Crippen LogP contribution in [0.1, 0.15) is 23.7 Å². The van der Waals surface area contributed by atoms with E-state index in [0.717, 1.165) is 22.8 Å². The van der Waals surface area contributed by atoms with Crippen molar-refractivity contribution in [1.29, 1.82) is 0 Å². The molecular formula is C19H22N2O2S. The molecule has 1 aromatic carbocycles. The van der Waals surface area contributed by atoms with Gasteiger partial charge in [0.05, 0.1) is 24.9 Å².